The average molecular weight is 757 g/mol. The first-order valence-corrected chi connectivity index (χ1v) is 19.6. The number of carbonyl (C=O) groups is 1. The minimum absolute atomic E-state index is 0.252. The molecule has 0 spiro atoms. The molecule has 1 N–H and O–H groups in total. The van der Waals surface area contributed by atoms with Crippen LogP contribution in [0.3, 0.4) is 0 Å². The molecular formula is C39H58B2N8O6. The molecule has 1 amide bonds. The van der Waals surface area contributed by atoms with Crippen LogP contribution in [0.5, 0.6) is 0 Å². The average Bonchev–Trinajstić information content (AvgIpc) is 3.85. The van der Waals surface area contributed by atoms with Gasteiger partial charge in [0.25, 0.3) is 0 Å². The van der Waals surface area contributed by atoms with E-state index in [2.05, 4.69) is 98.9 Å². The molecule has 4 fully saturated rings. The van der Waals surface area contributed by atoms with Gasteiger partial charge in [-0.25, -0.2) is 13.8 Å². The van der Waals surface area contributed by atoms with Crippen LogP contribution in [0.2, 0.25) is 0 Å². The Bertz CT molecular complexity index is 1980. The first-order valence-electron chi connectivity index (χ1n) is 19.6. The van der Waals surface area contributed by atoms with Gasteiger partial charge in [0.15, 0.2) is 0 Å². The molecule has 4 aliphatic heterocycles. The highest BCUT2D eigenvalue weighted by Crippen LogP contribution is 2.38. The van der Waals surface area contributed by atoms with Crippen LogP contribution in [0, 0.1) is 0 Å². The zero-order valence-electron chi connectivity index (χ0n) is 34.5. The van der Waals surface area contributed by atoms with Crippen LogP contribution in [0.1, 0.15) is 76.2 Å². The Morgan fingerprint density at radius 3 is 1.47 bits per heavy atom. The molecule has 8 heterocycles. The third-order valence-electron chi connectivity index (χ3n) is 11.8. The normalized spacial score (nSPS) is 22.0. The van der Waals surface area contributed by atoms with E-state index in [1.807, 2.05) is 54.5 Å². The molecule has 0 unspecified atom stereocenters. The molecule has 4 aromatic heterocycles. The van der Waals surface area contributed by atoms with E-state index >= 15 is 0 Å². The Kier molecular flexibility index (Phi) is 10.2. The topological polar surface area (TPSA) is 120 Å². The van der Waals surface area contributed by atoms with Gasteiger partial charge < -0.3 is 43.4 Å². The van der Waals surface area contributed by atoms with E-state index in [9.17, 15) is 4.79 Å². The summed E-state index contributed by atoms with van der Waals surface area (Å²) in [6.07, 6.45) is 7.40. The fraction of sp³-hybridized carbons (Fsp3) is 0.615. The lowest BCUT2D eigenvalue weighted by molar-refractivity contribution is 0.00578. The van der Waals surface area contributed by atoms with Crippen molar-refractivity contribution >= 4 is 53.7 Å². The van der Waals surface area contributed by atoms with Crippen LogP contribution in [0.25, 0.3) is 11.0 Å². The molecule has 4 aliphatic rings. The summed E-state index contributed by atoms with van der Waals surface area (Å²) in [5.41, 5.74) is 4.44. The summed E-state index contributed by atoms with van der Waals surface area (Å²) in [4.78, 5) is 18.8. The second-order valence-corrected chi connectivity index (χ2v) is 18.0. The molecular weight excluding hydrogens is 698 g/mol. The number of aromatic nitrogens is 4. The highest BCUT2D eigenvalue weighted by Gasteiger charge is 2.53. The standard InChI is InChI=1S/C22H33BN4O4.C17H25BN4O2/c1-20(2,3)29-19(28)26-12-10-25(11-13-26)17-8-9-24-27-15-16(14-18(17)27)23-30-21(4,5)22(6,7)31-23;1-16(2)17(3,4)24-18(23-16)13-11-15-14(5-6-20-22(15)12-13)21-9-7-19-8-10-21/h8-9,14-15H,10-13H2,1-7H3;5-6,11-12,19H,7-10H2,1-4H3. The van der Waals surface area contributed by atoms with Crippen LogP contribution in [0.15, 0.2) is 49.1 Å². The van der Waals surface area contributed by atoms with Gasteiger partial charge in [0.05, 0.1) is 44.8 Å². The van der Waals surface area contributed by atoms with E-state index in [1.54, 1.807) is 11.1 Å². The van der Waals surface area contributed by atoms with Crippen LogP contribution in [-0.4, -0.2) is 125 Å². The van der Waals surface area contributed by atoms with Crippen LogP contribution < -0.4 is 26.0 Å². The van der Waals surface area contributed by atoms with Crippen LogP contribution in [-0.2, 0) is 23.4 Å². The van der Waals surface area contributed by atoms with E-state index in [0.29, 0.717) is 13.1 Å². The van der Waals surface area contributed by atoms with Crippen molar-refractivity contribution < 1.29 is 28.1 Å². The summed E-state index contributed by atoms with van der Waals surface area (Å²) in [5, 5.41) is 12.3. The van der Waals surface area contributed by atoms with Gasteiger partial charge in [-0.05, 0) is 100 Å². The summed E-state index contributed by atoms with van der Waals surface area (Å²) in [6.45, 7) is 28.9. The molecule has 55 heavy (non-hydrogen) atoms. The van der Waals surface area contributed by atoms with Gasteiger partial charge in [-0.15, -0.1) is 0 Å². The third kappa shape index (κ3) is 7.93. The van der Waals surface area contributed by atoms with Crippen molar-refractivity contribution in [1.82, 2.24) is 29.4 Å². The van der Waals surface area contributed by atoms with Gasteiger partial charge >= 0.3 is 20.3 Å². The SMILES string of the molecule is CC(C)(C)OC(=O)N1CCN(c2ccnn3cc(B4OC(C)(C)C(C)(C)O4)cc23)CC1.CC1(C)OB(c2cc3c(N4CCNCC4)ccnn3c2)OC1(C)C. The molecule has 0 bridgehead atoms. The maximum Gasteiger partial charge on any atom is 0.496 e. The van der Waals surface area contributed by atoms with Crippen molar-refractivity contribution in [2.24, 2.45) is 0 Å². The van der Waals surface area contributed by atoms with Gasteiger partial charge in [0.2, 0.25) is 0 Å². The molecule has 8 rings (SSSR count). The Morgan fingerprint density at radius 1 is 0.673 bits per heavy atom. The summed E-state index contributed by atoms with van der Waals surface area (Å²) >= 11 is 0. The minimum Gasteiger partial charge on any atom is -0.444 e. The van der Waals surface area contributed by atoms with E-state index < -0.39 is 12.7 Å². The van der Waals surface area contributed by atoms with E-state index in [-0.39, 0.29) is 35.6 Å². The third-order valence-corrected chi connectivity index (χ3v) is 11.8. The lowest BCUT2D eigenvalue weighted by Gasteiger charge is -2.36. The fourth-order valence-corrected chi connectivity index (χ4v) is 7.15. The smallest absolute Gasteiger partial charge is 0.444 e. The number of amides is 1. The quantitative estimate of drug-likeness (QED) is 0.307. The largest absolute Gasteiger partial charge is 0.496 e. The highest BCUT2D eigenvalue weighted by molar-refractivity contribution is 6.62. The summed E-state index contributed by atoms with van der Waals surface area (Å²) in [6, 6.07) is 8.35. The Labute approximate surface area is 326 Å². The number of fused-ring (bicyclic) bond motifs is 2. The van der Waals surface area contributed by atoms with Crippen LogP contribution >= 0.6 is 0 Å². The van der Waals surface area contributed by atoms with Gasteiger partial charge in [-0.2, -0.15) is 10.2 Å². The lowest BCUT2D eigenvalue weighted by Crippen LogP contribution is -2.50. The van der Waals surface area contributed by atoms with Crippen LogP contribution in [0.4, 0.5) is 16.2 Å². The fourth-order valence-electron chi connectivity index (χ4n) is 7.15. The number of hydrogen-bond acceptors (Lipinski definition) is 11. The first kappa shape index (κ1) is 39.4. The lowest BCUT2D eigenvalue weighted by atomic mass is 9.81. The highest BCUT2D eigenvalue weighted by atomic mass is 16.7. The molecule has 16 heteroatoms. The number of nitrogens with zero attached hydrogens (tertiary/aromatic N) is 7. The first-order chi connectivity index (χ1) is 25.7. The second kappa shape index (κ2) is 14.3. The number of piperazine rings is 2. The Morgan fingerprint density at radius 2 is 1.07 bits per heavy atom. The summed E-state index contributed by atoms with van der Waals surface area (Å²) < 4.78 is 34.1. The second-order valence-electron chi connectivity index (χ2n) is 18.0. The maximum atomic E-state index is 12.4. The maximum absolute atomic E-state index is 12.4. The van der Waals surface area contributed by atoms with Crippen molar-refractivity contribution in [2.75, 3.05) is 62.2 Å². The van der Waals surface area contributed by atoms with Crippen molar-refractivity contribution in [3.63, 3.8) is 0 Å². The molecule has 0 radical (unpaired) electrons. The molecule has 4 saturated heterocycles. The van der Waals surface area contributed by atoms with E-state index in [1.165, 1.54) is 5.69 Å². The monoisotopic (exact) mass is 756 g/mol. The molecule has 0 aromatic carbocycles. The van der Waals surface area contributed by atoms with Crippen molar-refractivity contribution in [3.05, 3.63) is 49.1 Å². The Balaban J connectivity index is 0.000000174. The van der Waals surface area contributed by atoms with Gasteiger partial charge in [-0.3, -0.25) is 0 Å². The number of rotatable bonds is 4. The van der Waals surface area contributed by atoms with E-state index in [4.69, 9.17) is 23.4 Å². The minimum atomic E-state index is -0.485. The molecule has 296 valence electrons. The number of ether oxygens (including phenoxy) is 1. The van der Waals surface area contributed by atoms with Gasteiger partial charge in [0, 0.05) is 88.1 Å². The number of carbonyl (C=O) groups excluding carboxylic acids is 1. The molecule has 0 atom stereocenters. The van der Waals surface area contributed by atoms with Crippen molar-refractivity contribution in [3.8, 4) is 0 Å². The molecule has 4 aromatic rings. The van der Waals surface area contributed by atoms with E-state index in [0.717, 1.165) is 66.9 Å². The van der Waals surface area contributed by atoms with Gasteiger partial charge in [0.1, 0.15) is 5.60 Å². The van der Waals surface area contributed by atoms with Gasteiger partial charge in [-0.1, -0.05) is 0 Å². The number of anilines is 2. The van der Waals surface area contributed by atoms with Crippen molar-refractivity contribution in [2.45, 2.75) is 104 Å². The summed E-state index contributed by atoms with van der Waals surface area (Å²) in [5.74, 6) is 0. The predicted molar refractivity (Wildman–Crippen MR) is 217 cm³/mol. The Hall–Kier alpha value is -3.82. The zero-order chi connectivity index (χ0) is 39.6. The molecule has 0 aliphatic carbocycles. The summed E-state index contributed by atoms with van der Waals surface area (Å²) in [7, 11) is -0.781. The van der Waals surface area contributed by atoms with Crippen molar-refractivity contribution in [1.29, 1.82) is 0 Å². The molecule has 0 saturated carbocycles. The zero-order valence-corrected chi connectivity index (χ0v) is 34.5. The predicted octanol–water partition coefficient (Wildman–Crippen LogP) is 3.73. The number of hydrogen-bond donors (Lipinski definition) is 1. The molecule has 14 nitrogen and oxygen atoms in total. The number of nitrogens with one attached hydrogen (secondary N) is 1.